The van der Waals surface area contributed by atoms with Crippen molar-refractivity contribution in [1.82, 2.24) is 4.98 Å². The third-order valence-corrected chi connectivity index (χ3v) is 8.85. The summed E-state index contributed by atoms with van der Waals surface area (Å²) >= 11 is 1.88. The van der Waals surface area contributed by atoms with Gasteiger partial charge in [-0.15, -0.1) is 11.3 Å². The van der Waals surface area contributed by atoms with Crippen LogP contribution in [0, 0.1) is 0 Å². The van der Waals surface area contributed by atoms with Crippen LogP contribution in [0.3, 0.4) is 0 Å². The monoisotopic (exact) mass is 501 g/mol. The lowest BCUT2D eigenvalue weighted by Gasteiger charge is -2.10. The van der Waals surface area contributed by atoms with Crippen molar-refractivity contribution in [3.05, 3.63) is 133 Å². The van der Waals surface area contributed by atoms with E-state index in [-0.39, 0.29) is 0 Å². The van der Waals surface area contributed by atoms with Crippen LogP contribution in [0.25, 0.3) is 75.4 Å². The van der Waals surface area contributed by atoms with Gasteiger partial charge in [0.05, 0.1) is 5.52 Å². The molecule has 0 aliphatic carbocycles. The van der Waals surface area contributed by atoms with Gasteiger partial charge < -0.3 is 4.98 Å². The van der Waals surface area contributed by atoms with E-state index < -0.39 is 0 Å². The van der Waals surface area contributed by atoms with Gasteiger partial charge in [-0.1, -0.05) is 109 Å². The van der Waals surface area contributed by atoms with Crippen LogP contribution < -0.4 is 0 Å². The SMILES string of the molecule is c1cc(-c2cccc(-c3cccc4c3sc3ccccc34)c2)cc(-c2cccc3c2[nH]c2ccccc23)c1. The van der Waals surface area contributed by atoms with Gasteiger partial charge in [-0.2, -0.15) is 0 Å². The number of para-hydroxylation sites is 2. The van der Waals surface area contributed by atoms with E-state index in [9.17, 15) is 0 Å². The molecule has 0 saturated carbocycles. The first-order chi connectivity index (χ1) is 18.8. The first-order valence-electron chi connectivity index (χ1n) is 12.9. The van der Waals surface area contributed by atoms with Gasteiger partial charge in [0.1, 0.15) is 0 Å². The molecule has 0 fully saturated rings. The highest BCUT2D eigenvalue weighted by Crippen LogP contribution is 2.41. The van der Waals surface area contributed by atoms with Crippen molar-refractivity contribution in [2.75, 3.05) is 0 Å². The molecule has 2 heteroatoms. The minimum atomic E-state index is 1.18. The minimum Gasteiger partial charge on any atom is -0.354 e. The number of hydrogen-bond donors (Lipinski definition) is 1. The first kappa shape index (κ1) is 21.4. The van der Waals surface area contributed by atoms with Crippen LogP contribution in [0.2, 0.25) is 0 Å². The van der Waals surface area contributed by atoms with Crippen LogP contribution >= 0.6 is 11.3 Å². The van der Waals surface area contributed by atoms with Crippen molar-refractivity contribution in [2.24, 2.45) is 0 Å². The summed E-state index contributed by atoms with van der Waals surface area (Å²) < 4.78 is 2.69. The summed E-state index contributed by atoms with van der Waals surface area (Å²) in [4.78, 5) is 3.66. The molecule has 0 saturated heterocycles. The molecular weight excluding hydrogens is 478 g/mol. The molecule has 38 heavy (non-hydrogen) atoms. The predicted molar refractivity (Wildman–Crippen MR) is 165 cm³/mol. The van der Waals surface area contributed by atoms with Gasteiger partial charge >= 0.3 is 0 Å². The molecule has 0 aliphatic rings. The Kier molecular flexibility index (Phi) is 4.76. The Morgan fingerprint density at radius 1 is 0.421 bits per heavy atom. The Morgan fingerprint density at radius 3 is 1.82 bits per heavy atom. The summed E-state index contributed by atoms with van der Waals surface area (Å²) in [6, 6.07) is 48.4. The summed E-state index contributed by atoms with van der Waals surface area (Å²) in [5.41, 5.74) is 9.81. The Bertz CT molecular complexity index is 1990. The van der Waals surface area contributed by atoms with Gasteiger partial charge in [0.25, 0.3) is 0 Å². The average molecular weight is 502 g/mol. The van der Waals surface area contributed by atoms with E-state index in [1.54, 1.807) is 0 Å². The van der Waals surface area contributed by atoms with Crippen LogP contribution in [0.15, 0.2) is 133 Å². The van der Waals surface area contributed by atoms with E-state index in [1.165, 1.54) is 75.4 Å². The maximum Gasteiger partial charge on any atom is 0.0544 e. The third kappa shape index (κ3) is 3.31. The molecule has 2 heterocycles. The van der Waals surface area contributed by atoms with Crippen LogP contribution in [0.5, 0.6) is 0 Å². The lowest BCUT2D eigenvalue weighted by molar-refractivity contribution is 1.53. The summed E-state index contributed by atoms with van der Waals surface area (Å²) in [6.45, 7) is 0. The molecule has 2 aromatic heterocycles. The molecule has 0 bridgehead atoms. The first-order valence-corrected chi connectivity index (χ1v) is 13.8. The summed E-state index contributed by atoms with van der Waals surface area (Å²) in [5, 5.41) is 5.21. The Hall–Kier alpha value is -4.66. The molecule has 8 rings (SSSR count). The number of aromatic nitrogens is 1. The zero-order valence-electron chi connectivity index (χ0n) is 20.6. The quantitative estimate of drug-likeness (QED) is 0.248. The van der Waals surface area contributed by atoms with E-state index in [0.717, 1.165) is 0 Å². The number of nitrogens with one attached hydrogen (secondary N) is 1. The van der Waals surface area contributed by atoms with Crippen molar-refractivity contribution in [1.29, 1.82) is 0 Å². The highest BCUT2D eigenvalue weighted by molar-refractivity contribution is 7.26. The van der Waals surface area contributed by atoms with Gasteiger partial charge in [0, 0.05) is 42.0 Å². The predicted octanol–water partition coefficient (Wildman–Crippen LogP) is 10.7. The van der Waals surface area contributed by atoms with Crippen molar-refractivity contribution < 1.29 is 0 Å². The zero-order chi connectivity index (χ0) is 25.1. The van der Waals surface area contributed by atoms with Crippen molar-refractivity contribution in [2.45, 2.75) is 0 Å². The highest BCUT2D eigenvalue weighted by atomic mass is 32.1. The van der Waals surface area contributed by atoms with Crippen LogP contribution in [0.1, 0.15) is 0 Å². The number of fused-ring (bicyclic) bond motifs is 6. The number of hydrogen-bond acceptors (Lipinski definition) is 1. The largest absolute Gasteiger partial charge is 0.354 e. The average Bonchev–Trinajstić information content (AvgIpc) is 3.56. The van der Waals surface area contributed by atoms with E-state index in [1.807, 2.05) is 11.3 Å². The van der Waals surface area contributed by atoms with Gasteiger partial charge in [-0.05, 0) is 52.1 Å². The fraction of sp³-hybridized carbons (Fsp3) is 0. The van der Waals surface area contributed by atoms with Crippen molar-refractivity contribution in [3.63, 3.8) is 0 Å². The molecule has 1 N–H and O–H groups in total. The van der Waals surface area contributed by atoms with Crippen LogP contribution in [-0.4, -0.2) is 4.98 Å². The van der Waals surface area contributed by atoms with Gasteiger partial charge in [0.2, 0.25) is 0 Å². The zero-order valence-corrected chi connectivity index (χ0v) is 21.4. The molecule has 0 spiro atoms. The number of aromatic amines is 1. The molecule has 0 radical (unpaired) electrons. The minimum absolute atomic E-state index is 1.18. The van der Waals surface area contributed by atoms with Gasteiger partial charge in [0.15, 0.2) is 0 Å². The number of thiophene rings is 1. The topological polar surface area (TPSA) is 15.8 Å². The Balaban J connectivity index is 1.25. The van der Waals surface area contributed by atoms with E-state index >= 15 is 0 Å². The molecule has 0 aliphatic heterocycles. The van der Waals surface area contributed by atoms with E-state index in [4.69, 9.17) is 0 Å². The summed E-state index contributed by atoms with van der Waals surface area (Å²) in [6.07, 6.45) is 0. The molecule has 0 unspecified atom stereocenters. The number of benzene rings is 6. The lowest BCUT2D eigenvalue weighted by Crippen LogP contribution is -1.85. The summed E-state index contributed by atoms with van der Waals surface area (Å²) in [7, 11) is 0. The second kappa shape index (κ2) is 8.44. The van der Waals surface area contributed by atoms with Crippen LogP contribution in [-0.2, 0) is 0 Å². The standard InChI is InChI=1S/C36H23NS/c1-3-19-33-29(13-1)31-17-7-15-27(35(31)37-33)25-11-5-9-23(21-25)24-10-6-12-26(22-24)28-16-8-18-32-30-14-2-4-20-34(30)38-36(28)32/h1-22,37H. The fourth-order valence-corrected chi connectivity index (χ4v) is 7.06. The third-order valence-electron chi connectivity index (χ3n) is 7.63. The molecule has 0 amide bonds. The smallest absolute Gasteiger partial charge is 0.0544 e. The van der Waals surface area contributed by atoms with Gasteiger partial charge in [-0.3, -0.25) is 0 Å². The molecule has 1 nitrogen and oxygen atoms in total. The Morgan fingerprint density at radius 2 is 1.00 bits per heavy atom. The second-order valence-electron chi connectivity index (χ2n) is 9.84. The molecule has 6 aromatic carbocycles. The van der Waals surface area contributed by atoms with Crippen molar-refractivity contribution in [3.8, 4) is 33.4 Å². The van der Waals surface area contributed by atoms with E-state index in [2.05, 4.69) is 138 Å². The van der Waals surface area contributed by atoms with Crippen molar-refractivity contribution >= 4 is 53.3 Å². The van der Waals surface area contributed by atoms with Gasteiger partial charge in [-0.25, -0.2) is 0 Å². The normalized spacial score (nSPS) is 11.7. The summed E-state index contributed by atoms with van der Waals surface area (Å²) in [5.74, 6) is 0. The fourth-order valence-electron chi connectivity index (χ4n) is 5.82. The Labute approximate surface area is 224 Å². The molecule has 0 atom stereocenters. The molecular formula is C36H23NS. The van der Waals surface area contributed by atoms with Crippen LogP contribution in [0.4, 0.5) is 0 Å². The molecule has 8 aromatic rings. The maximum atomic E-state index is 3.66. The number of rotatable bonds is 3. The number of H-pyrrole nitrogens is 1. The maximum absolute atomic E-state index is 3.66. The lowest BCUT2D eigenvalue weighted by atomic mass is 9.95. The van der Waals surface area contributed by atoms with E-state index in [0.29, 0.717) is 0 Å². The second-order valence-corrected chi connectivity index (χ2v) is 10.9. The highest BCUT2D eigenvalue weighted by Gasteiger charge is 2.12. The molecule has 178 valence electrons.